The summed E-state index contributed by atoms with van der Waals surface area (Å²) in [5, 5.41) is 19.1. The first-order chi connectivity index (χ1) is 15.6. The number of carbonyl (C=O) groups excluding carboxylic acids is 1. The van der Waals surface area contributed by atoms with Gasteiger partial charge in [-0.3, -0.25) is 4.79 Å². The highest BCUT2D eigenvalue weighted by atomic mass is 16.5. The molecule has 0 aromatic heterocycles. The van der Waals surface area contributed by atoms with E-state index in [9.17, 15) is 15.0 Å². The molecule has 0 saturated carbocycles. The molecule has 2 N–H and O–H groups in total. The molecular formula is C28H38O4. The number of esters is 1. The Morgan fingerprint density at radius 2 is 1.22 bits per heavy atom. The molecule has 0 aliphatic heterocycles. The van der Waals surface area contributed by atoms with E-state index in [1.807, 2.05) is 18.2 Å². The van der Waals surface area contributed by atoms with Crippen LogP contribution < -0.4 is 4.74 Å². The van der Waals surface area contributed by atoms with E-state index in [0.717, 1.165) is 18.4 Å². The number of hydrogen-bond donors (Lipinski definition) is 2. The summed E-state index contributed by atoms with van der Waals surface area (Å²) in [5.41, 5.74) is 1.63. The summed E-state index contributed by atoms with van der Waals surface area (Å²) in [6, 6.07) is 11.7. The molecular weight excluding hydrogens is 400 g/mol. The van der Waals surface area contributed by atoms with Gasteiger partial charge in [-0.2, -0.15) is 0 Å². The fraction of sp³-hybridized carbons (Fsp3) is 0.464. The van der Waals surface area contributed by atoms with Gasteiger partial charge in [-0.15, -0.1) is 0 Å². The molecule has 0 bridgehead atoms. The number of ether oxygens (including phenoxy) is 1. The van der Waals surface area contributed by atoms with Crippen molar-refractivity contribution < 1.29 is 19.7 Å². The van der Waals surface area contributed by atoms with Crippen molar-refractivity contribution >= 4 is 18.1 Å². The molecule has 0 aliphatic carbocycles. The molecule has 0 spiro atoms. The highest BCUT2D eigenvalue weighted by Crippen LogP contribution is 2.22. The number of carbonyl (C=O) groups is 1. The second kappa shape index (κ2) is 15.1. The third-order valence-corrected chi connectivity index (χ3v) is 5.49. The van der Waals surface area contributed by atoms with Crippen LogP contribution in [0.5, 0.6) is 17.2 Å². The zero-order valence-electron chi connectivity index (χ0n) is 19.4. The fourth-order valence-corrected chi connectivity index (χ4v) is 3.67. The highest BCUT2D eigenvalue weighted by Gasteiger charge is 2.05. The van der Waals surface area contributed by atoms with Crippen LogP contribution in [0, 0.1) is 0 Å². The fourth-order valence-electron chi connectivity index (χ4n) is 3.67. The number of phenols is 2. The van der Waals surface area contributed by atoms with Crippen LogP contribution in [0.1, 0.15) is 95.1 Å². The predicted octanol–water partition coefficient (Wildman–Crippen LogP) is 7.87. The monoisotopic (exact) mass is 438 g/mol. The molecule has 0 atom stereocenters. The van der Waals surface area contributed by atoms with Crippen LogP contribution in [0.2, 0.25) is 0 Å². The molecule has 174 valence electrons. The van der Waals surface area contributed by atoms with Gasteiger partial charge in [0.2, 0.25) is 0 Å². The minimum Gasteiger partial charge on any atom is -0.508 e. The van der Waals surface area contributed by atoms with Crippen LogP contribution in [0.25, 0.3) is 12.2 Å². The minimum atomic E-state index is -0.181. The van der Waals surface area contributed by atoms with E-state index in [-0.39, 0.29) is 17.5 Å². The lowest BCUT2D eigenvalue weighted by molar-refractivity contribution is -0.134. The number of hydrogen-bond acceptors (Lipinski definition) is 4. The first-order valence-electron chi connectivity index (χ1n) is 12.1. The minimum absolute atomic E-state index is 0.0183. The van der Waals surface area contributed by atoms with Crippen molar-refractivity contribution in [2.24, 2.45) is 0 Å². The van der Waals surface area contributed by atoms with Crippen LogP contribution in [0.15, 0.2) is 42.5 Å². The maximum absolute atomic E-state index is 12.0. The zero-order chi connectivity index (χ0) is 23.0. The Kier molecular flexibility index (Phi) is 12.1. The molecule has 2 rings (SSSR count). The van der Waals surface area contributed by atoms with E-state index in [1.165, 1.54) is 63.9 Å². The SMILES string of the molecule is CCCCCCCCCCCCCC(=O)Oc1ccc(C=Cc2cc(O)cc(O)c2)cc1. The van der Waals surface area contributed by atoms with Gasteiger partial charge < -0.3 is 14.9 Å². The number of aromatic hydroxyl groups is 2. The van der Waals surface area contributed by atoms with Crippen LogP contribution in [0.3, 0.4) is 0 Å². The first kappa shape index (κ1) is 25.5. The van der Waals surface area contributed by atoms with Gasteiger partial charge in [-0.1, -0.05) is 95.4 Å². The van der Waals surface area contributed by atoms with Crippen molar-refractivity contribution in [2.75, 3.05) is 0 Å². The van der Waals surface area contributed by atoms with Crippen LogP contribution >= 0.6 is 0 Å². The van der Waals surface area contributed by atoms with Gasteiger partial charge in [0.25, 0.3) is 0 Å². The highest BCUT2D eigenvalue weighted by molar-refractivity contribution is 5.73. The smallest absolute Gasteiger partial charge is 0.311 e. The zero-order valence-corrected chi connectivity index (χ0v) is 19.4. The normalized spacial score (nSPS) is 11.2. The van der Waals surface area contributed by atoms with Crippen molar-refractivity contribution in [2.45, 2.75) is 84.0 Å². The predicted molar refractivity (Wildman–Crippen MR) is 132 cm³/mol. The number of unbranched alkanes of at least 4 members (excludes halogenated alkanes) is 10. The Morgan fingerprint density at radius 3 is 1.78 bits per heavy atom. The molecule has 0 saturated heterocycles. The van der Waals surface area contributed by atoms with Gasteiger partial charge in [0, 0.05) is 12.5 Å². The number of phenolic OH excluding ortho intramolecular Hbond substituents is 2. The summed E-state index contributed by atoms with van der Waals surface area (Å²) in [5.74, 6) is 0.402. The lowest BCUT2D eigenvalue weighted by Gasteiger charge is -2.05. The quantitative estimate of drug-likeness (QED) is 0.128. The molecule has 0 aliphatic rings. The number of rotatable bonds is 15. The Balaban J connectivity index is 1.59. The first-order valence-corrected chi connectivity index (χ1v) is 12.1. The molecule has 4 heteroatoms. The maximum atomic E-state index is 12.0. The summed E-state index contributed by atoms with van der Waals surface area (Å²) < 4.78 is 5.43. The summed E-state index contributed by atoms with van der Waals surface area (Å²) >= 11 is 0. The second-order valence-electron chi connectivity index (χ2n) is 8.44. The van der Waals surface area contributed by atoms with Gasteiger partial charge in [-0.25, -0.2) is 0 Å². The van der Waals surface area contributed by atoms with Crippen molar-refractivity contribution in [3.8, 4) is 17.2 Å². The molecule has 0 fully saturated rings. The van der Waals surface area contributed by atoms with E-state index in [0.29, 0.717) is 17.7 Å². The largest absolute Gasteiger partial charge is 0.508 e. The Labute approximate surface area is 193 Å². The molecule has 2 aromatic carbocycles. The average Bonchev–Trinajstić information content (AvgIpc) is 2.76. The molecule has 0 unspecified atom stereocenters. The number of benzene rings is 2. The van der Waals surface area contributed by atoms with E-state index in [1.54, 1.807) is 30.3 Å². The Hall–Kier alpha value is -2.75. The summed E-state index contributed by atoms with van der Waals surface area (Å²) in [7, 11) is 0. The van der Waals surface area contributed by atoms with Crippen LogP contribution in [0.4, 0.5) is 0 Å². The second-order valence-corrected chi connectivity index (χ2v) is 8.44. The third-order valence-electron chi connectivity index (χ3n) is 5.49. The van der Waals surface area contributed by atoms with Crippen molar-refractivity contribution in [3.63, 3.8) is 0 Å². The summed E-state index contributed by atoms with van der Waals surface area (Å²) in [4.78, 5) is 12.0. The lowest BCUT2D eigenvalue weighted by atomic mass is 10.1. The Morgan fingerprint density at radius 1 is 0.719 bits per heavy atom. The summed E-state index contributed by atoms with van der Waals surface area (Å²) in [6.07, 6.45) is 18.0. The lowest BCUT2D eigenvalue weighted by Crippen LogP contribution is -2.07. The van der Waals surface area contributed by atoms with Crippen LogP contribution in [-0.2, 0) is 4.79 Å². The topological polar surface area (TPSA) is 66.8 Å². The Bertz CT molecular complexity index is 804. The van der Waals surface area contributed by atoms with Crippen molar-refractivity contribution in [3.05, 3.63) is 53.6 Å². The van der Waals surface area contributed by atoms with Crippen LogP contribution in [-0.4, -0.2) is 16.2 Å². The van der Waals surface area contributed by atoms with Crippen molar-refractivity contribution in [1.29, 1.82) is 0 Å². The maximum Gasteiger partial charge on any atom is 0.311 e. The third kappa shape index (κ3) is 11.0. The van der Waals surface area contributed by atoms with Gasteiger partial charge >= 0.3 is 5.97 Å². The van der Waals surface area contributed by atoms with Gasteiger partial charge in [0.15, 0.2) is 0 Å². The average molecular weight is 439 g/mol. The van der Waals surface area contributed by atoms with Gasteiger partial charge in [-0.05, 0) is 41.8 Å². The van der Waals surface area contributed by atoms with Gasteiger partial charge in [0.1, 0.15) is 17.2 Å². The molecule has 4 nitrogen and oxygen atoms in total. The van der Waals surface area contributed by atoms with E-state index >= 15 is 0 Å². The van der Waals surface area contributed by atoms with E-state index in [4.69, 9.17) is 4.74 Å². The molecule has 0 amide bonds. The van der Waals surface area contributed by atoms with E-state index < -0.39 is 0 Å². The molecule has 32 heavy (non-hydrogen) atoms. The van der Waals surface area contributed by atoms with Crippen molar-refractivity contribution in [1.82, 2.24) is 0 Å². The standard InChI is InChI=1S/C28H38O4/c1-2-3-4-5-6-7-8-9-10-11-12-13-28(31)32-27-18-16-23(17-19-27)14-15-24-20-25(29)22-26(30)21-24/h14-22,29-30H,2-13H2,1H3. The molecule has 2 aromatic rings. The summed E-state index contributed by atoms with van der Waals surface area (Å²) in [6.45, 7) is 2.25. The van der Waals surface area contributed by atoms with E-state index in [2.05, 4.69) is 6.92 Å². The van der Waals surface area contributed by atoms with Gasteiger partial charge in [0.05, 0.1) is 0 Å². The molecule has 0 radical (unpaired) electrons. The molecule has 0 heterocycles.